The van der Waals surface area contributed by atoms with Gasteiger partial charge in [0.05, 0.1) is 11.1 Å². The van der Waals surface area contributed by atoms with Gasteiger partial charge < -0.3 is 14.1 Å². The minimum absolute atomic E-state index is 0.0417. The number of nitrogens with zero attached hydrogens (tertiary/aromatic N) is 4. The highest BCUT2D eigenvalue weighted by Crippen LogP contribution is 2.34. The molecular formula is C16H22N4O3S. The molecule has 0 saturated carbocycles. The molecule has 0 aliphatic carbocycles. The molecule has 1 amide bonds. The predicted molar refractivity (Wildman–Crippen MR) is 88.9 cm³/mol. The molecule has 3 heterocycles. The Balaban J connectivity index is 1.82. The van der Waals surface area contributed by atoms with Crippen molar-refractivity contribution in [1.82, 2.24) is 20.1 Å². The van der Waals surface area contributed by atoms with Crippen molar-refractivity contribution in [2.45, 2.75) is 45.8 Å². The van der Waals surface area contributed by atoms with Crippen LogP contribution in [0, 0.1) is 12.8 Å². The second kappa shape index (κ2) is 6.98. The summed E-state index contributed by atoms with van der Waals surface area (Å²) in [6.45, 7) is 6.52. The average molecular weight is 350 g/mol. The van der Waals surface area contributed by atoms with Crippen molar-refractivity contribution in [3.63, 3.8) is 0 Å². The number of aromatic nitrogens is 3. The Morgan fingerprint density at radius 2 is 2.29 bits per heavy atom. The predicted octanol–water partition coefficient (Wildman–Crippen LogP) is 2.64. The molecule has 1 fully saturated rings. The minimum Gasteiger partial charge on any atom is -0.423 e. The highest BCUT2D eigenvalue weighted by atomic mass is 32.1. The molecule has 0 N–H and O–H groups in total. The number of carbonyl (C=O) groups is 1. The van der Waals surface area contributed by atoms with Crippen molar-refractivity contribution < 1.29 is 13.9 Å². The van der Waals surface area contributed by atoms with E-state index in [9.17, 15) is 4.79 Å². The first kappa shape index (κ1) is 17.0. The SMILES string of the molecule is CO[C@@H]1C[C@H](c2nnc(C)o2)N(C(=O)c2csc(CC(C)C)n2)C1. The average Bonchev–Trinajstić information content (AvgIpc) is 3.24. The van der Waals surface area contributed by atoms with Gasteiger partial charge in [-0.2, -0.15) is 0 Å². The number of ether oxygens (including phenoxy) is 1. The summed E-state index contributed by atoms with van der Waals surface area (Å²) in [6.07, 6.45) is 1.48. The Bertz CT molecular complexity index is 712. The van der Waals surface area contributed by atoms with E-state index in [0.29, 0.717) is 36.4 Å². The lowest BCUT2D eigenvalue weighted by Gasteiger charge is -2.20. The van der Waals surface area contributed by atoms with Crippen LogP contribution >= 0.6 is 11.3 Å². The first-order chi connectivity index (χ1) is 11.5. The van der Waals surface area contributed by atoms with Crippen LogP contribution in [0.4, 0.5) is 0 Å². The first-order valence-corrected chi connectivity index (χ1v) is 8.94. The van der Waals surface area contributed by atoms with Crippen molar-refractivity contribution in [2.75, 3.05) is 13.7 Å². The fraction of sp³-hybridized carbons (Fsp3) is 0.625. The first-order valence-electron chi connectivity index (χ1n) is 8.06. The summed E-state index contributed by atoms with van der Waals surface area (Å²) < 4.78 is 11.0. The third kappa shape index (κ3) is 3.49. The minimum atomic E-state index is -0.265. The van der Waals surface area contributed by atoms with Crippen LogP contribution in [-0.4, -0.2) is 45.7 Å². The second-order valence-corrected chi connectivity index (χ2v) is 7.39. The van der Waals surface area contributed by atoms with Gasteiger partial charge in [-0.3, -0.25) is 4.79 Å². The molecule has 0 spiro atoms. The fourth-order valence-electron chi connectivity index (χ4n) is 2.87. The van der Waals surface area contributed by atoms with Crippen LogP contribution in [0.5, 0.6) is 0 Å². The van der Waals surface area contributed by atoms with Crippen molar-refractivity contribution in [3.05, 3.63) is 27.9 Å². The van der Waals surface area contributed by atoms with E-state index in [1.54, 1.807) is 18.9 Å². The largest absolute Gasteiger partial charge is 0.423 e. The van der Waals surface area contributed by atoms with E-state index in [2.05, 4.69) is 29.0 Å². The van der Waals surface area contributed by atoms with E-state index in [-0.39, 0.29) is 18.1 Å². The number of carbonyl (C=O) groups excluding carboxylic acids is 1. The summed E-state index contributed by atoms with van der Waals surface area (Å²) in [4.78, 5) is 19.2. The van der Waals surface area contributed by atoms with Crippen LogP contribution < -0.4 is 0 Å². The Kier molecular flexibility index (Phi) is 4.96. The number of aryl methyl sites for hydroxylation is 1. The number of methoxy groups -OCH3 is 1. The Morgan fingerprint density at radius 1 is 1.50 bits per heavy atom. The van der Waals surface area contributed by atoms with Gasteiger partial charge in [0.15, 0.2) is 0 Å². The van der Waals surface area contributed by atoms with Gasteiger partial charge in [0.25, 0.3) is 5.91 Å². The summed E-state index contributed by atoms with van der Waals surface area (Å²) >= 11 is 1.53. The topological polar surface area (TPSA) is 81.4 Å². The summed E-state index contributed by atoms with van der Waals surface area (Å²) in [5, 5.41) is 10.8. The van der Waals surface area contributed by atoms with E-state index in [1.807, 2.05) is 5.38 Å². The lowest BCUT2D eigenvalue weighted by atomic mass is 10.1. The number of amides is 1. The molecule has 0 aromatic carbocycles. The van der Waals surface area contributed by atoms with Crippen LogP contribution in [0.2, 0.25) is 0 Å². The van der Waals surface area contributed by atoms with Crippen LogP contribution in [0.15, 0.2) is 9.80 Å². The summed E-state index contributed by atoms with van der Waals surface area (Å²) in [5.41, 5.74) is 0.480. The van der Waals surface area contributed by atoms with E-state index in [1.165, 1.54) is 11.3 Å². The van der Waals surface area contributed by atoms with Crippen molar-refractivity contribution in [2.24, 2.45) is 5.92 Å². The molecule has 1 aliphatic rings. The maximum Gasteiger partial charge on any atom is 0.274 e. The van der Waals surface area contributed by atoms with Gasteiger partial charge >= 0.3 is 0 Å². The molecule has 0 bridgehead atoms. The van der Waals surface area contributed by atoms with Crippen molar-refractivity contribution in [3.8, 4) is 0 Å². The van der Waals surface area contributed by atoms with Crippen LogP contribution in [-0.2, 0) is 11.2 Å². The summed E-state index contributed by atoms with van der Waals surface area (Å²) in [7, 11) is 1.65. The van der Waals surface area contributed by atoms with E-state index in [0.717, 1.165) is 11.4 Å². The Morgan fingerprint density at radius 3 is 2.92 bits per heavy atom. The lowest BCUT2D eigenvalue weighted by molar-refractivity contribution is 0.0669. The molecule has 3 rings (SSSR count). The Hall–Kier alpha value is -1.80. The number of hydrogen-bond acceptors (Lipinski definition) is 7. The van der Waals surface area contributed by atoms with Gasteiger partial charge in [-0.1, -0.05) is 13.8 Å². The maximum atomic E-state index is 12.9. The smallest absolute Gasteiger partial charge is 0.274 e. The third-order valence-corrected chi connectivity index (χ3v) is 4.91. The monoisotopic (exact) mass is 350 g/mol. The lowest BCUT2D eigenvalue weighted by Crippen LogP contribution is -2.32. The maximum absolute atomic E-state index is 12.9. The summed E-state index contributed by atoms with van der Waals surface area (Å²) in [6, 6.07) is -0.265. The molecule has 2 aromatic rings. The molecule has 2 aromatic heterocycles. The molecule has 130 valence electrons. The third-order valence-electron chi connectivity index (χ3n) is 4.04. The van der Waals surface area contributed by atoms with Crippen molar-refractivity contribution in [1.29, 1.82) is 0 Å². The molecule has 1 saturated heterocycles. The second-order valence-electron chi connectivity index (χ2n) is 6.45. The normalized spacial score (nSPS) is 21.0. The molecule has 8 heteroatoms. The zero-order valence-corrected chi connectivity index (χ0v) is 15.2. The van der Waals surface area contributed by atoms with Crippen molar-refractivity contribution >= 4 is 17.2 Å². The quantitative estimate of drug-likeness (QED) is 0.824. The summed E-state index contributed by atoms with van der Waals surface area (Å²) in [5.74, 6) is 1.35. The molecule has 2 atom stereocenters. The fourth-order valence-corrected chi connectivity index (χ4v) is 3.85. The van der Waals surface area contributed by atoms with Gasteiger partial charge in [-0.25, -0.2) is 4.98 Å². The number of likely N-dealkylation sites (tertiary alicyclic amines) is 1. The number of hydrogen-bond donors (Lipinski definition) is 0. The van der Waals surface area contributed by atoms with Gasteiger partial charge in [-0.15, -0.1) is 21.5 Å². The molecule has 7 nitrogen and oxygen atoms in total. The van der Waals surface area contributed by atoms with Crippen LogP contribution in [0.1, 0.15) is 53.6 Å². The molecule has 24 heavy (non-hydrogen) atoms. The number of rotatable bonds is 5. The van der Waals surface area contributed by atoms with Crippen LogP contribution in [0.25, 0.3) is 0 Å². The number of thiazole rings is 1. The van der Waals surface area contributed by atoms with E-state index >= 15 is 0 Å². The van der Waals surface area contributed by atoms with Gasteiger partial charge in [0, 0.05) is 38.8 Å². The van der Waals surface area contributed by atoms with Gasteiger partial charge in [0.2, 0.25) is 11.8 Å². The highest BCUT2D eigenvalue weighted by molar-refractivity contribution is 7.09. The molecule has 0 unspecified atom stereocenters. The zero-order chi connectivity index (χ0) is 17.3. The standard InChI is InChI=1S/C16H22N4O3S/c1-9(2)5-14-17-12(8-24-14)16(21)20-7-11(22-4)6-13(20)15-19-18-10(3)23-15/h8-9,11,13H,5-7H2,1-4H3/t11-,13-/m1/s1. The van der Waals surface area contributed by atoms with Crippen LogP contribution in [0.3, 0.4) is 0 Å². The molecular weight excluding hydrogens is 328 g/mol. The van der Waals surface area contributed by atoms with E-state index < -0.39 is 0 Å². The zero-order valence-electron chi connectivity index (χ0n) is 14.4. The van der Waals surface area contributed by atoms with Gasteiger partial charge in [-0.05, 0) is 5.92 Å². The van der Waals surface area contributed by atoms with E-state index in [4.69, 9.17) is 9.15 Å². The Labute approximate surface area is 145 Å². The highest BCUT2D eigenvalue weighted by Gasteiger charge is 2.40. The van der Waals surface area contributed by atoms with Gasteiger partial charge in [0.1, 0.15) is 11.7 Å². The molecule has 0 radical (unpaired) electrons. The molecule has 1 aliphatic heterocycles.